The van der Waals surface area contributed by atoms with Gasteiger partial charge in [0.25, 0.3) is 0 Å². The summed E-state index contributed by atoms with van der Waals surface area (Å²) in [6.45, 7) is 2.07. The average molecular weight is 453 g/mol. The quantitative estimate of drug-likeness (QED) is 0.263. The van der Waals surface area contributed by atoms with Gasteiger partial charge in [0, 0.05) is 28.7 Å². The fourth-order valence-electron chi connectivity index (χ4n) is 4.76. The molecule has 4 aromatic heterocycles. The van der Waals surface area contributed by atoms with E-state index in [0.29, 0.717) is 0 Å². The fourth-order valence-corrected chi connectivity index (χ4v) is 4.76. The first-order chi connectivity index (χ1) is 17.2. The molecule has 35 heavy (non-hydrogen) atoms. The van der Waals surface area contributed by atoms with Gasteiger partial charge in [-0.05, 0) is 84.6 Å². The number of para-hydroxylation sites is 2. The van der Waals surface area contributed by atoms with Crippen LogP contribution in [0.15, 0.2) is 103 Å². The van der Waals surface area contributed by atoms with Gasteiger partial charge in [0.2, 0.25) is 0 Å². The molecular weight excluding hydrogens is 432 g/mol. The zero-order valence-corrected chi connectivity index (χ0v) is 19.0. The van der Waals surface area contributed by atoms with Crippen LogP contribution in [0.25, 0.3) is 49.7 Å². The summed E-state index contributed by atoms with van der Waals surface area (Å²) >= 11 is 0. The van der Waals surface area contributed by atoms with Crippen molar-refractivity contribution in [2.75, 3.05) is 0 Å². The third kappa shape index (κ3) is 3.21. The van der Waals surface area contributed by atoms with Crippen LogP contribution in [0.1, 0.15) is 5.56 Å². The van der Waals surface area contributed by atoms with Gasteiger partial charge in [0.1, 0.15) is 22.8 Å². The molecular formula is C30H20N4O. The predicted molar refractivity (Wildman–Crippen MR) is 140 cm³/mol. The van der Waals surface area contributed by atoms with Crippen molar-refractivity contribution < 1.29 is 4.74 Å². The molecule has 7 aromatic rings. The third-order valence-corrected chi connectivity index (χ3v) is 6.36. The minimum absolute atomic E-state index is 0.754. The van der Waals surface area contributed by atoms with Crippen LogP contribution in [0.5, 0.6) is 11.5 Å². The van der Waals surface area contributed by atoms with Crippen LogP contribution < -0.4 is 4.74 Å². The van der Waals surface area contributed by atoms with Crippen LogP contribution in [-0.2, 0) is 0 Å². The van der Waals surface area contributed by atoms with Gasteiger partial charge in [-0.3, -0.25) is 9.38 Å². The second-order valence-corrected chi connectivity index (χ2v) is 8.69. The molecule has 0 aliphatic carbocycles. The molecule has 0 spiro atoms. The van der Waals surface area contributed by atoms with Crippen molar-refractivity contribution in [2.45, 2.75) is 6.92 Å². The molecule has 4 heterocycles. The molecule has 5 nitrogen and oxygen atoms in total. The van der Waals surface area contributed by atoms with Crippen LogP contribution in [0.4, 0.5) is 0 Å². The van der Waals surface area contributed by atoms with Gasteiger partial charge < -0.3 is 4.74 Å². The largest absolute Gasteiger partial charge is 0.457 e. The second-order valence-electron chi connectivity index (χ2n) is 8.69. The minimum atomic E-state index is 0.754. The Bertz CT molecular complexity index is 1900. The number of ether oxygens (including phenoxy) is 1. The van der Waals surface area contributed by atoms with Crippen LogP contribution in [-0.4, -0.2) is 19.4 Å². The van der Waals surface area contributed by atoms with Crippen molar-refractivity contribution in [3.63, 3.8) is 0 Å². The van der Waals surface area contributed by atoms with Crippen LogP contribution in [0.2, 0.25) is 0 Å². The zero-order valence-electron chi connectivity index (χ0n) is 19.0. The van der Waals surface area contributed by atoms with Crippen molar-refractivity contribution >= 4 is 38.5 Å². The van der Waals surface area contributed by atoms with Crippen molar-refractivity contribution in [1.29, 1.82) is 0 Å². The summed E-state index contributed by atoms with van der Waals surface area (Å²) in [6, 6.07) is 30.5. The highest BCUT2D eigenvalue weighted by Crippen LogP contribution is 2.35. The number of hydrogen-bond acceptors (Lipinski definition) is 4. The topological polar surface area (TPSA) is 52.3 Å². The molecule has 0 aliphatic rings. The van der Waals surface area contributed by atoms with Gasteiger partial charge in [-0.2, -0.15) is 0 Å². The van der Waals surface area contributed by atoms with E-state index in [1.807, 2.05) is 73.1 Å². The summed E-state index contributed by atoms with van der Waals surface area (Å²) in [5.74, 6) is 1.51. The lowest BCUT2D eigenvalue weighted by atomic mass is 10.1. The number of imidazole rings is 1. The maximum atomic E-state index is 6.33. The summed E-state index contributed by atoms with van der Waals surface area (Å²) in [5, 5.41) is 3.20. The molecule has 0 atom stereocenters. The summed E-state index contributed by atoms with van der Waals surface area (Å²) in [4.78, 5) is 14.2. The van der Waals surface area contributed by atoms with Crippen molar-refractivity contribution in [3.8, 4) is 22.8 Å². The van der Waals surface area contributed by atoms with Gasteiger partial charge >= 0.3 is 0 Å². The van der Waals surface area contributed by atoms with Crippen molar-refractivity contribution in [3.05, 3.63) is 109 Å². The molecule has 0 aliphatic heterocycles. The zero-order chi connectivity index (χ0) is 23.4. The summed E-state index contributed by atoms with van der Waals surface area (Å²) in [6.07, 6.45) is 3.66. The standard InChI is InChI=1S/C30H20N4O/c1-19-13-15-31-27(16-19)20-6-4-7-21(17-20)35-22-11-12-23-24-8-5-14-32-29(24)34-28-10-3-2-9-26(28)33-30(34)25(23)18-22/h2-18H,1H3. The number of rotatable bonds is 3. The lowest BCUT2D eigenvalue weighted by molar-refractivity contribution is 0.483. The molecule has 0 N–H and O–H groups in total. The van der Waals surface area contributed by atoms with E-state index in [-0.39, 0.29) is 0 Å². The molecule has 7 rings (SSSR count). The van der Waals surface area contributed by atoms with Crippen LogP contribution in [0.3, 0.4) is 0 Å². The number of aromatic nitrogens is 4. The van der Waals surface area contributed by atoms with Gasteiger partial charge in [-0.25, -0.2) is 9.97 Å². The number of fused-ring (bicyclic) bond motifs is 8. The highest BCUT2D eigenvalue weighted by atomic mass is 16.5. The molecule has 0 amide bonds. The maximum absolute atomic E-state index is 6.33. The van der Waals surface area contributed by atoms with Gasteiger partial charge in [0.15, 0.2) is 0 Å². The number of nitrogens with zero attached hydrogens (tertiary/aromatic N) is 4. The third-order valence-electron chi connectivity index (χ3n) is 6.36. The molecule has 5 heteroatoms. The molecule has 166 valence electrons. The van der Waals surface area contributed by atoms with Gasteiger partial charge in [0.05, 0.1) is 16.7 Å². The Morgan fingerprint density at radius 2 is 1.57 bits per heavy atom. The van der Waals surface area contributed by atoms with E-state index in [4.69, 9.17) is 14.7 Å². The lowest BCUT2D eigenvalue weighted by Gasteiger charge is -2.11. The monoisotopic (exact) mass is 452 g/mol. The Morgan fingerprint density at radius 1 is 0.657 bits per heavy atom. The van der Waals surface area contributed by atoms with E-state index in [2.05, 4.69) is 46.6 Å². The first-order valence-corrected chi connectivity index (χ1v) is 11.5. The Balaban J connectivity index is 1.40. The Morgan fingerprint density at radius 3 is 2.51 bits per heavy atom. The van der Waals surface area contributed by atoms with Gasteiger partial charge in [-0.1, -0.05) is 24.3 Å². The number of pyridine rings is 3. The normalized spacial score (nSPS) is 11.6. The molecule has 0 fully saturated rings. The van der Waals surface area contributed by atoms with Crippen molar-refractivity contribution in [2.24, 2.45) is 0 Å². The number of hydrogen-bond donors (Lipinski definition) is 0. The Kier molecular flexibility index (Phi) is 4.29. The van der Waals surface area contributed by atoms with E-state index >= 15 is 0 Å². The summed E-state index contributed by atoms with van der Waals surface area (Å²) in [7, 11) is 0. The molecule has 0 saturated carbocycles. The Hall–Kier alpha value is -4.77. The SMILES string of the molecule is Cc1ccnc(-c2cccc(Oc3ccc4c5cccnc5n5c6ccccc6nc5c4c3)c2)c1. The number of benzene rings is 3. The van der Waals surface area contributed by atoms with Gasteiger partial charge in [-0.15, -0.1) is 0 Å². The summed E-state index contributed by atoms with van der Waals surface area (Å²) in [5.41, 5.74) is 6.87. The lowest BCUT2D eigenvalue weighted by Crippen LogP contribution is -1.94. The van der Waals surface area contributed by atoms with Crippen LogP contribution in [0, 0.1) is 6.92 Å². The molecule has 0 saturated heterocycles. The van der Waals surface area contributed by atoms with Crippen molar-refractivity contribution in [1.82, 2.24) is 19.4 Å². The summed E-state index contributed by atoms with van der Waals surface area (Å²) < 4.78 is 8.47. The maximum Gasteiger partial charge on any atom is 0.147 e. The second kappa shape index (κ2) is 7.64. The highest BCUT2D eigenvalue weighted by molar-refractivity contribution is 6.13. The molecule has 0 bridgehead atoms. The first kappa shape index (κ1) is 19.7. The first-order valence-electron chi connectivity index (χ1n) is 11.5. The minimum Gasteiger partial charge on any atom is -0.457 e. The fraction of sp³-hybridized carbons (Fsp3) is 0.0333. The van der Waals surface area contributed by atoms with Crippen LogP contribution >= 0.6 is 0 Å². The van der Waals surface area contributed by atoms with E-state index in [0.717, 1.165) is 61.2 Å². The van der Waals surface area contributed by atoms with E-state index in [9.17, 15) is 0 Å². The molecule has 0 unspecified atom stereocenters. The van der Waals surface area contributed by atoms with E-state index in [1.165, 1.54) is 5.56 Å². The predicted octanol–water partition coefficient (Wildman–Crippen LogP) is 7.35. The smallest absolute Gasteiger partial charge is 0.147 e. The molecule has 0 radical (unpaired) electrons. The van der Waals surface area contributed by atoms with E-state index in [1.54, 1.807) is 0 Å². The van der Waals surface area contributed by atoms with E-state index < -0.39 is 0 Å². The highest BCUT2D eigenvalue weighted by Gasteiger charge is 2.15. The number of aryl methyl sites for hydroxylation is 1. The Labute approximate surface area is 201 Å². The average Bonchev–Trinajstić information content (AvgIpc) is 3.29. The molecule has 3 aromatic carbocycles.